The topological polar surface area (TPSA) is 224 Å². The molecular weight excluding hydrogens is 915 g/mol. The number of ether oxygens (including phenoxy) is 4. The molecule has 0 bridgehead atoms. The third-order valence-electron chi connectivity index (χ3n) is 12.8. The van der Waals surface area contributed by atoms with Crippen molar-refractivity contribution in [2.75, 3.05) is 26.8 Å². The van der Waals surface area contributed by atoms with Gasteiger partial charge in [-0.2, -0.15) is 20.5 Å². The molecule has 4 aromatic carbocycles. The van der Waals surface area contributed by atoms with Crippen LogP contribution in [0.15, 0.2) is 94.2 Å². The fourth-order valence-electron chi connectivity index (χ4n) is 9.33. The first-order chi connectivity index (χ1) is 34.9. The summed E-state index contributed by atoms with van der Waals surface area (Å²) in [6.07, 6.45) is 5.19. The minimum absolute atomic E-state index is 0.0371. The van der Waals surface area contributed by atoms with Gasteiger partial charge in [0.25, 0.3) is 11.8 Å². The number of benzene rings is 4. The molecule has 9 rings (SSSR count). The SMILES string of the molecule is C=C(OC)C1CCN(C(=O)N[C@H]2CCc3c(-c4noc(-c5ccc(OC(C)C)c(C#N)c5)n4)cccc32)CC1.CCCOC(=O)N[C@H]1CCc2c(-c3noc(-c4ccc(OC(C)C)c(C#N)c4)n3)cccc21. The number of piperidine rings is 1. The van der Waals surface area contributed by atoms with Gasteiger partial charge in [0, 0.05) is 41.3 Å². The fraction of sp³-hybridized carbons (Fsp3) is 0.382. The maximum atomic E-state index is 13.0. The fourth-order valence-corrected chi connectivity index (χ4v) is 9.33. The van der Waals surface area contributed by atoms with E-state index in [0.717, 1.165) is 84.1 Å². The van der Waals surface area contributed by atoms with E-state index in [2.05, 4.69) is 55.7 Å². The van der Waals surface area contributed by atoms with Crippen molar-refractivity contribution < 1.29 is 37.6 Å². The standard InChI is InChI=1S/C30H33N5O4.C25H26N4O4/c1-18(2)38-27-11-8-21(16-22(27)17-31)29-33-28(34-39-29)25-7-5-6-24-23(25)9-10-26(24)32-30(36)35-14-12-20(13-15-35)19(3)37-4;1-4-12-31-25(30)27-21-10-9-18-19(21)6-5-7-20(18)23-28-24(33-29-23)16-8-11-22(32-15(2)3)17(13-16)14-26/h5-8,11,16,18,20,26H,3,9-10,12-15H2,1-2,4H3,(H,32,36);5-8,11,13,15,21H,4,9-10,12H2,1-3H3,(H,27,30)/t26-;21-/m00/s1. The van der Waals surface area contributed by atoms with Crippen LogP contribution in [0.4, 0.5) is 9.59 Å². The van der Waals surface area contributed by atoms with Gasteiger partial charge in [0.05, 0.1) is 54.9 Å². The minimum Gasteiger partial charge on any atom is -0.501 e. The number of fused-ring (bicyclic) bond motifs is 2. The highest BCUT2D eigenvalue weighted by molar-refractivity contribution is 5.76. The molecule has 72 heavy (non-hydrogen) atoms. The number of urea groups is 1. The van der Waals surface area contributed by atoms with Crippen LogP contribution in [-0.4, -0.2) is 76.3 Å². The van der Waals surface area contributed by atoms with E-state index in [0.29, 0.717) is 82.8 Å². The number of carbonyl (C=O) groups is 2. The van der Waals surface area contributed by atoms with E-state index in [4.69, 9.17) is 28.0 Å². The number of methoxy groups -OCH3 is 1. The zero-order valence-electron chi connectivity index (χ0n) is 41.5. The van der Waals surface area contributed by atoms with E-state index in [1.807, 2.05) is 75.9 Å². The Hall–Kier alpha value is -8.18. The van der Waals surface area contributed by atoms with Crippen LogP contribution < -0.4 is 20.1 Å². The molecule has 2 atom stereocenters. The number of nitriles is 2. The van der Waals surface area contributed by atoms with Crippen LogP contribution in [0.25, 0.3) is 45.7 Å². The van der Waals surface area contributed by atoms with E-state index < -0.39 is 6.09 Å². The molecule has 3 aliphatic rings. The normalized spacial score (nSPS) is 15.9. The van der Waals surface area contributed by atoms with Gasteiger partial charge in [-0.1, -0.05) is 60.2 Å². The van der Waals surface area contributed by atoms with Crippen LogP contribution in [0, 0.1) is 28.6 Å². The summed E-state index contributed by atoms with van der Waals surface area (Å²) in [7, 11) is 1.65. The lowest BCUT2D eigenvalue weighted by Gasteiger charge is -2.33. The molecule has 1 aliphatic heterocycles. The van der Waals surface area contributed by atoms with E-state index in [-0.39, 0.29) is 30.3 Å². The third-order valence-corrected chi connectivity index (χ3v) is 12.8. The summed E-state index contributed by atoms with van der Waals surface area (Å²) in [4.78, 5) is 36.2. The number of alkyl carbamates (subject to hydrolysis) is 1. The van der Waals surface area contributed by atoms with Crippen molar-refractivity contribution in [2.24, 2.45) is 5.92 Å². The first-order valence-electron chi connectivity index (χ1n) is 24.4. The Morgan fingerprint density at radius 3 is 1.71 bits per heavy atom. The maximum absolute atomic E-state index is 13.0. The van der Waals surface area contributed by atoms with Crippen LogP contribution in [0.1, 0.15) is 112 Å². The lowest BCUT2D eigenvalue weighted by atomic mass is 9.95. The molecule has 17 nitrogen and oxygen atoms in total. The van der Waals surface area contributed by atoms with Gasteiger partial charge in [-0.3, -0.25) is 0 Å². The summed E-state index contributed by atoms with van der Waals surface area (Å²) in [5, 5.41) is 33.7. The summed E-state index contributed by atoms with van der Waals surface area (Å²) in [6, 6.07) is 26.5. The number of rotatable bonds is 14. The van der Waals surface area contributed by atoms with Crippen molar-refractivity contribution in [3.05, 3.63) is 119 Å². The van der Waals surface area contributed by atoms with E-state index >= 15 is 0 Å². The van der Waals surface area contributed by atoms with Gasteiger partial charge in [0.2, 0.25) is 11.6 Å². The molecule has 17 heteroatoms. The minimum atomic E-state index is -0.403. The zero-order chi connectivity index (χ0) is 50.9. The molecule has 3 heterocycles. The summed E-state index contributed by atoms with van der Waals surface area (Å²) in [6.45, 7) is 15.3. The lowest BCUT2D eigenvalue weighted by molar-refractivity contribution is 0.142. The Bertz CT molecular complexity index is 3010. The van der Waals surface area contributed by atoms with Crippen LogP contribution in [0.2, 0.25) is 0 Å². The second-order valence-electron chi connectivity index (χ2n) is 18.4. The summed E-state index contributed by atoms with van der Waals surface area (Å²) in [5.74, 6) is 3.74. The monoisotopic (exact) mass is 973 g/mol. The Morgan fingerprint density at radius 1 is 0.750 bits per heavy atom. The average molecular weight is 974 g/mol. The highest BCUT2D eigenvalue weighted by Crippen LogP contribution is 2.40. The van der Waals surface area contributed by atoms with Gasteiger partial charge in [-0.25, -0.2) is 9.59 Å². The first-order valence-corrected chi connectivity index (χ1v) is 24.4. The van der Waals surface area contributed by atoms with Crippen molar-refractivity contribution in [3.63, 3.8) is 0 Å². The number of nitrogens with one attached hydrogen (secondary N) is 2. The summed E-state index contributed by atoms with van der Waals surface area (Å²) < 4.78 is 33.0. The number of hydrogen-bond donors (Lipinski definition) is 2. The molecule has 0 unspecified atom stereocenters. The zero-order valence-corrected chi connectivity index (χ0v) is 41.5. The number of likely N-dealkylation sites (tertiary alicyclic amines) is 1. The molecule has 2 N–H and O–H groups in total. The predicted octanol–water partition coefficient (Wildman–Crippen LogP) is 10.8. The Balaban J connectivity index is 0.000000195. The van der Waals surface area contributed by atoms with Crippen molar-refractivity contribution in [3.8, 4) is 69.3 Å². The molecule has 1 fully saturated rings. The second-order valence-corrected chi connectivity index (χ2v) is 18.4. The van der Waals surface area contributed by atoms with Gasteiger partial charge in [0.1, 0.15) is 23.6 Å². The Kier molecular flexibility index (Phi) is 15.8. The predicted molar refractivity (Wildman–Crippen MR) is 267 cm³/mol. The molecule has 3 amide bonds. The molecule has 0 spiro atoms. The third kappa shape index (κ3) is 11.4. The quantitative estimate of drug-likeness (QED) is 0.0969. The first kappa shape index (κ1) is 50.2. The van der Waals surface area contributed by atoms with Gasteiger partial charge < -0.3 is 43.5 Å². The van der Waals surface area contributed by atoms with Gasteiger partial charge >= 0.3 is 12.1 Å². The largest absolute Gasteiger partial charge is 0.501 e. The summed E-state index contributed by atoms with van der Waals surface area (Å²) in [5.41, 5.74) is 8.19. The van der Waals surface area contributed by atoms with Crippen LogP contribution in [-0.2, 0) is 22.3 Å². The lowest BCUT2D eigenvalue weighted by Crippen LogP contribution is -2.45. The van der Waals surface area contributed by atoms with Gasteiger partial charge in [-0.05, 0) is 131 Å². The molecule has 1 saturated heterocycles. The van der Waals surface area contributed by atoms with Gasteiger partial charge in [-0.15, -0.1) is 0 Å². The van der Waals surface area contributed by atoms with Crippen molar-refractivity contribution in [1.29, 1.82) is 10.5 Å². The van der Waals surface area contributed by atoms with Crippen LogP contribution in [0.3, 0.4) is 0 Å². The van der Waals surface area contributed by atoms with Crippen LogP contribution >= 0.6 is 0 Å². The number of carbonyl (C=O) groups excluding carboxylic acids is 2. The van der Waals surface area contributed by atoms with E-state index in [9.17, 15) is 20.1 Å². The Morgan fingerprint density at radius 2 is 1.25 bits per heavy atom. The van der Waals surface area contributed by atoms with Crippen LogP contribution in [0.5, 0.6) is 11.5 Å². The summed E-state index contributed by atoms with van der Waals surface area (Å²) >= 11 is 0. The molecular formula is C55H59N9O8. The molecule has 2 aromatic heterocycles. The Labute approximate surface area is 419 Å². The molecule has 0 saturated carbocycles. The number of allylic oxidation sites excluding steroid dienone is 1. The molecule has 0 radical (unpaired) electrons. The van der Waals surface area contributed by atoms with Gasteiger partial charge in [0.15, 0.2) is 0 Å². The highest BCUT2D eigenvalue weighted by atomic mass is 16.5. The highest BCUT2D eigenvalue weighted by Gasteiger charge is 2.32. The number of amides is 3. The van der Waals surface area contributed by atoms with E-state index in [1.54, 1.807) is 37.4 Å². The van der Waals surface area contributed by atoms with E-state index in [1.165, 1.54) is 0 Å². The van der Waals surface area contributed by atoms with Crippen molar-refractivity contribution >= 4 is 12.1 Å². The average Bonchev–Trinajstić information content (AvgIpc) is 4.24. The number of hydrogen-bond acceptors (Lipinski definition) is 14. The number of aromatic nitrogens is 4. The molecule has 2 aliphatic carbocycles. The number of nitrogens with zero attached hydrogens (tertiary/aromatic N) is 7. The second kappa shape index (κ2) is 22.7. The van der Waals surface area contributed by atoms with Crippen molar-refractivity contribution in [2.45, 2.75) is 104 Å². The van der Waals surface area contributed by atoms with Crippen molar-refractivity contribution in [1.82, 2.24) is 35.8 Å². The smallest absolute Gasteiger partial charge is 0.407 e. The molecule has 372 valence electrons. The molecule has 6 aromatic rings. The maximum Gasteiger partial charge on any atom is 0.407 e.